The maximum atomic E-state index is 11.2. The van der Waals surface area contributed by atoms with Crippen LogP contribution in [0.15, 0.2) is 24.3 Å². The lowest BCUT2D eigenvalue weighted by Crippen LogP contribution is -2.48. The fourth-order valence-electron chi connectivity index (χ4n) is 4.68. The second kappa shape index (κ2) is 8.28. The predicted octanol–water partition coefficient (Wildman–Crippen LogP) is 4.01. The molecule has 1 aromatic carbocycles. The number of ether oxygens (including phenoxy) is 1. The van der Waals surface area contributed by atoms with Crippen molar-refractivity contribution in [3.63, 3.8) is 0 Å². The minimum absolute atomic E-state index is 0.0141. The molecule has 0 radical (unpaired) electrons. The van der Waals surface area contributed by atoms with Gasteiger partial charge in [-0.15, -0.1) is 0 Å². The zero-order valence-electron chi connectivity index (χ0n) is 15.7. The first kappa shape index (κ1) is 19.7. The van der Waals surface area contributed by atoms with Crippen molar-refractivity contribution in [2.24, 2.45) is 17.1 Å². The van der Waals surface area contributed by atoms with E-state index in [4.69, 9.17) is 22.1 Å². The van der Waals surface area contributed by atoms with Gasteiger partial charge in [0, 0.05) is 16.0 Å². The molecule has 2 aliphatic rings. The molecule has 4 nitrogen and oxygen atoms in total. The van der Waals surface area contributed by atoms with Gasteiger partial charge in [-0.1, -0.05) is 30.7 Å². The highest BCUT2D eigenvalue weighted by molar-refractivity contribution is 6.30. The SMILES string of the molecule is CC1(C(CC2CCCNC2)OC=O)CCC(N)(c2cccc(Cl)c2)CC1. The van der Waals surface area contributed by atoms with Crippen LogP contribution in [0.1, 0.15) is 57.4 Å². The topological polar surface area (TPSA) is 64.3 Å². The minimum Gasteiger partial charge on any atom is -0.464 e. The van der Waals surface area contributed by atoms with Crippen LogP contribution in [0.4, 0.5) is 0 Å². The van der Waals surface area contributed by atoms with Crippen LogP contribution in [0.2, 0.25) is 5.02 Å². The van der Waals surface area contributed by atoms with E-state index in [1.54, 1.807) is 0 Å². The summed E-state index contributed by atoms with van der Waals surface area (Å²) in [6.07, 6.45) is 6.99. The molecule has 26 heavy (non-hydrogen) atoms. The fraction of sp³-hybridized carbons (Fsp3) is 0.667. The average Bonchev–Trinajstić information content (AvgIpc) is 2.65. The van der Waals surface area contributed by atoms with Gasteiger partial charge in [-0.3, -0.25) is 4.79 Å². The third-order valence-corrected chi connectivity index (χ3v) is 6.86. The highest BCUT2D eigenvalue weighted by atomic mass is 35.5. The van der Waals surface area contributed by atoms with Gasteiger partial charge in [0.1, 0.15) is 6.10 Å². The van der Waals surface area contributed by atoms with Crippen LogP contribution >= 0.6 is 11.6 Å². The molecule has 3 rings (SSSR count). The average molecular weight is 379 g/mol. The molecule has 1 aliphatic heterocycles. The van der Waals surface area contributed by atoms with Gasteiger partial charge in [0.25, 0.3) is 6.47 Å². The summed E-state index contributed by atoms with van der Waals surface area (Å²) in [6.45, 7) is 5.02. The van der Waals surface area contributed by atoms with Crippen molar-refractivity contribution in [3.8, 4) is 0 Å². The first-order valence-electron chi connectivity index (χ1n) is 9.80. The number of nitrogens with one attached hydrogen (secondary N) is 1. The number of halogens is 1. The maximum absolute atomic E-state index is 11.2. The number of hydrogen-bond donors (Lipinski definition) is 2. The molecular formula is C21H31ClN2O2. The lowest BCUT2D eigenvalue weighted by atomic mass is 9.63. The van der Waals surface area contributed by atoms with E-state index in [1.807, 2.05) is 18.2 Å². The second-order valence-electron chi connectivity index (χ2n) is 8.49. The molecule has 0 amide bonds. The highest BCUT2D eigenvalue weighted by Gasteiger charge is 2.44. The quantitative estimate of drug-likeness (QED) is 0.734. The molecule has 1 saturated carbocycles. The molecule has 1 saturated heterocycles. The highest BCUT2D eigenvalue weighted by Crippen LogP contribution is 2.48. The fourth-order valence-corrected chi connectivity index (χ4v) is 4.87. The number of hydrogen-bond acceptors (Lipinski definition) is 4. The van der Waals surface area contributed by atoms with Gasteiger partial charge in [-0.2, -0.15) is 0 Å². The Hall–Kier alpha value is -1.10. The van der Waals surface area contributed by atoms with Gasteiger partial charge in [0.15, 0.2) is 0 Å². The molecule has 5 heteroatoms. The number of rotatable bonds is 6. The molecule has 144 valence electrons. The van der Waals surface area contributed by atoms with E-state index in [2.05, 4.69) is 18.3 Å². The van der Waals surface area contributed by atoms with Crippen LogP contribution in [0.5, 0.6) is 0 Å². The first-order chi connectivity index (χ1) is 12.5. The van der Waals surface area contributed by atoms with Crippen LogP contribution in [0, 0.1) is 11.3 Å². The van der Waals surface area contributed by atoms with Gasteiger partial charge in [0.2, 0.25) is 0 Å². The van der Waals surface area contributed by atoms with E-state index < -0.39 is 0 Å². The number of benzene rings is 1. The standard InChI is InChI=1S/C21H31ClN2O2/c1-20(19(26-15-25)12-16-4-3-11-24-14-16)7-9-21(23,10-8-20)17-5-2-6-18(22)13-17/h2,5-6,13,15-16,19,24H,3-4,7-12,14,23H2,1H3. The van der Waals surface area contributed by atoms with Crippen LogP contribution in [0.3, 0.4) is 0 Å². The van der Waals surface area contributed by atoms with Crippen molar-refractivity contribution in [3.05, 3.63) is 34.9 Å². The van der Waals surface area contributed by atoms with Gasteiger partial charge in [-0.25, -0.2) is 0 Å². The smallest absolute Gasteiger partial charge is 0.293 e. The molecule has 3 N–H and O–H groups in total. The molecule has 2 unspecified atom stereocenters. The zero-order chi connectivity index (χ0) is 18.6. The van der Waals surface area contributed by atoms with Crippen molar-refractivity contribution in [2.75, 3.05) is 13.1 Å². The van der Waals surface area contributed by atoms with E-state index >= 15 is 0 Å². The number of carbonyl (C=O) groups is 1. The number of carbonyl (C=O) groups excluding carboxylic acids is 1. The summed E-state index contributed by atoms with van der Waals surface area (Å²) in [5, 5.41) is 4.19. The molecule has 2 atom stereocenters. The van der Waals surface area contributed by atoms with E-state index in [0.29, 0.717) is 12.4 Å². The van der Waals surface area contributed by atoms with E-state index in [0.717, 1.165) is 55.8 Å². The van der Waals surface area contributed by atoms with E-state index in [1.165, 1.54) is 12.8 Å². The Kier molecular flexibility index (Phi) is 6.26. The Bertz CT molecular complexity index is 608. The summed E-state index contributed by atoms with van der Waals surface area (Å²) in [6, 6.07) is 7.90. The molecule has 1 aliphatic carbocycles. The molecule has 0 bridgehead atoms. The lowest BCUT2D eigenvalue weighted by Gasteiger charge is -2.47. The Balaban J connectivity index is 1.68. The third kappa shape index (κ3) is 4.41. The van der Waals surface area contributed by atoms with Crippen LogP contribution in [-0.4, -0.2) is 25.7 Å². The molecule has 0 spiro atoms. The molecule has 1 aromatic rings. The molecular weight excluding hydrogens is 348 g/mol. The van der Waals surface area contributed by atoms with E-state index in [9.17, 15) is 4.79 Å². The van der Waals surface area contributed by atoms with Crippen molar-refractivity contribution in [2.45, 2.75) is 63.5 Å². The summed E-state index contributed by atoms with van der Waals surface area (Å²) in [7, 11) is 0. The second-order valence-corrected chi connectivity index (χ2v) is 8.93. The summed E-state index contributed by atoms with van der Waals surface area (Å²) >= 11 is 6.16. The summed E-state index contributed by atoms with van der Waals surface area (Å²) in [4.78, 5) is 11.2. The Morgan fingerprint density at radius 3 is 2.77 bits per heavy atom. The van der Waals surface area contributed by atoms with Crippen molar-refractivity contribution >= 4 is 18.1 Å². The minimum atomic E-state index is -0.345. The molecule has 0 aromatic heterocycles. The van der Waals surface area contributed by atoms with Gasteiger partial charge >= 0.3 is 0 Å². The van der Waals surface area contributed by atoms with E-state index in [-0.39, 0.29) is 17.1 Å². The lowest BCUT2D eigenvalue weighted by molar-refractivity contribution is -0.144. The Labute approximate surface area is 161 Å². The van der Waals surface area contributed by atoms with Crippen LogP contribution in [-0.2, 0) is 15.1 Å². The first-order valence-corrected chi connectivity index (χ1v) is 10.2. The molecule has 2 fully saturated rings. The van der Waals surface area contributed by atoms with Gasteiger partial charge in [-0.05, 0) is 81.6 Å². The molecule has 1 heterocycles. The van der Waals surface area contributed by atoms with Crippen molar-refractivity contribution in [1.29, 1.82) is 0 Å². The number of nitrogens with two attached hydrogens (primary N) is 1. The van der Waals surface area contributed by atoms with Gasteiger partial charge in [0.05, 0.1) is 0 Å². The Morgan fingerprint density at radius 1 is 1.38 bits per heavy atom. The summed E-state index contributed by atoms with van der Waals surface area (Å²) in [5.74, 6) is 0.586. The number of piperidine rings is 1. The van der Waals surface area contributed by atoms with Crippen molar-refractivity contribution in [1.82, 2.24) is 5.32 Å². The largest absolute Gasteiger partial charge is 0.464 e. The zero-order valence-corrected chi connectivity index (χ0v) is 16.4. The van der Waals surface area contributed by atoms with Gasteiger partial charge < -0.3 is 15.8 Å². The predicted molar refractivity (Wildman–Crippen MR) is 105 cm³/mol. The third-order valence-electron chi connectivity index (χ3n) is 6.63. The van der Waals surface area contributed by atoms with Crippen LogP contribution in [0.25, 0.3) is 0 Å². The summed E-state index contributed by atoms with van der Waals surface area (Å²) < 4.78 is 5.61. The normalized spacial score (nSPS) is 33.4. The van der Waals surface area contributed by atoms with Crippen LogP contribution < -0.4 is 11.1 Å². The summed E-state index contributed by atoms with van der Waals surface area (Å²) in [5.41, 5.74) is 7.50. The van der Waals surface area contributed by atoms with Crippen molar-refractivity contribution < 1.29 is 9.53 Å². The maximum Gasteiger partial charge on any atom is 0.293 e. The monoisotopic (exact) mass is 378 g/mol. The Morgan fingerprint density at radius 2 is 2.15 bits per heavy atom.